The van der Waals surface area contributed by atoms with Crippen molar-refractivity contribution in [3.05, 3.63) is 42.0 Å². The van der Waals surface area contributed by atoms with E-state index < -0.39 is 18.2 Å². The van der Waals surface area contributed by atoms with E-state index in [0.29, 0.717) is 25.1 Å². The SMILES string of the molecule is CCCCCCCCC(O)C=CCCCOC(CCC(=O)Nc1ccccc1CCC(=O)O)C(=O)N(C)C. The predicted molar refractivity (Wildman–Crippen MR) is 151 cm³/mol. The molecular formula is C30H48N2O6. The van der Waals surface area contributed by atoms with Gasteiger partial charge in [-0.1, -0.05) is 75.8 Å². The molecule has 0 saturated heterocycles. The number of hydrogen-bond donors (Lipinski definition) is 3. The Hall–Kier alpha value is -2.71. The standard InChI is InChI=1S/C30H48N2O6/c1-4-5-6-7-8-10-16-25(33)17-11-9-14-23-38-27(30(37)32(2)3)20-21-28(34)31-26-18-13-12-15-24(26)19-22-29(35)36/h11-13,15,17-18,25,27,33H,4-10,14,16,19-23H2,1-3H3,(H,31,34)(H,35,36). The number of unbranched alkanes of at least 4 members (excludes halogenated alkanes) is 6. The fourth-order valence-corrected chi connectivity index (χ4v) is 4.05. The van der Waals surface area contributed by atoms with Gasteiger partial charge in [-0.25, -0.2) is 0 Å². The number of ether oxygens (including phenoxy) is 1. The fourth-order valence-electron chi connectivity index (χ4n) is 4.05. The Morgan fingerprint density at radius 1 is 1.00 bits per heavy atom. The number of aliphatic carboxylic acids is 1. The highest BCUT2D eigenvalue weighted by atomic mass is 16.5. The molecule has 0 aliphatic heterocycles. The second-order valence-corrected chi connectivity index (χ2v) is 9.92. The first kappa shape index (κ1) is 33.3. The molecule has 3 N–H and O–H groups in total. The lowest BCUT2D eigenvalue weighted by atomic mass is 10.1. The topological polar surface area (TPSA) is 116 Å². The number of nitrogens with zero attached hydrogens (tertiary/aromatic N) is 1. The first-order valence-corrected chi connectivity index (χ1v) is 14.0. The molecule has 38 heavy (non-hydrogen) atoms. The monoisotopic (exact) mass is 532 g/mol. The molecule has 0 radical (unpaired) electrons. The molecule has 2 atom stereocenters. The number of aryl methyl sites for hydroxylation is 1. The number of carbonyl (C=O) groups is 3. The number of allylic oxidation sites excluding steroid dienone is 1. The maximum Gasteiger partial charge on any atom is 0.303 e. The van der Waals surface area contributed by atoms with Crippen LogP contribution in [0.4, 0.5) is 5.69 Å². The summed E-state index contributed by atoms with van der Waals surface area (Å²) in [5.74, 6) is -1.34. The molecule has 0 bridgehead atoms. The summed E-state index contributed by atoms with van der Waals surface area (Å²) in [7, 11) is 3.32. The number of carboxylic acids is 1. The number of anilines is 1. The van der Waals surface area contributed by atoms with E-state index in [9.17, 15) is 19.5 Å². The van der Waals surface area contributed by atoms with E-state index in [4.69, 9.17) is 9.84 Å². The molecule has 0 aromatic heterocycles. The zero-order valence-electron chi connectivity index (χ0n) is 23.5. The number of aliphatic hydroxyl groups is 1. The van der Waals surface area contributed by atoms with Gasteiger partial charge in [0.2, 0.25) is 5.91 Å². The van der Waals surface area contributed by atoms with E-state index in [1.165, 1.54) is 30.6 Å². The van der Waals surface area contributed by atoms with Crippen molar-refractivity contribution >= 4 is 23.5 Å². The van der Waals surface area contributed by atoms with E-state index in [0.717, 1.165) is 31.2 Å². The first-order valence-electron chi connectivity index (χ1n) is 14.0. The van der Waals surface area contributed by atoms with Gasteiger partial charge in [0.15, 0.2) is 0 Å². The number of amides is 2. The number of aliphatic hydroxyl groups excluding tert-OH is 1. The van der Waals surface area contributed by atoms with Crippen molar-refractivity contribution < 1.29 is 29.3 Å². The number of para-hydroxylation sites is 1. The van der Waals surface area contributed by atoms with E-state index in [1.807, 2.05) is 12.2 Å². The lowest BCUT2D eigenvalue weighted by molar-refractivity contribution is -0.142. The average molecular weight is 533 g/mol. The lowest BCUT2D eigenvalue weighted by Gasteiger charge is -2.21. The molecule has 214 valence electrons. The van der Waals surface area contributed by atoms with Gasteiger partial charge in [-0.2, -0.15) is 0 Å². The first-order chi connectivity index (χ1) is 18.2. The summed E-state index contributed by atoms with van der Waals surface area (Å²) in [5.41, 5.74) is 1.34. The third-order valence-electron chi connectivity index (χ3n) is 6.30. The molecule has 1 aromatic carbocycles. The minimum absolute atomic E-state index is 0.0204. The average Bonchev–Trinajstić information content (AvgIpc) is 2.88. The Balaban J connectivity index is 2.42. The van der Waals surface area contributed by atoms with Gasteiger partial charge in [0.1, 0.15) is 6.10 Å². The molecule has 2 amide bonds. The molecule has 0 saturated carbocycles. The van der Waals surface area contributed by atoms with Crippen molar-refractivity contribution in [2.75, 3.05) is 26.0 Å². The van der Waals surface area contributed by atoms with Crippen molar-refractivity contribution in [2.24, 2.45) is 0 Å². The van der Waals surface area contributed by atoms with Crippen LogP contribution in [0.15, 0.2) is 36.4 Å². The second-order valence-electron chi connectivity index (χ2n) is 9.92. The molecule has 1 aromatic rings. The maximum absolute atomic E-state index is 12.6. The summed E-state index contributed by atoms with van der Waals surface area (Å²) in [6.07, 6.45) is 12.8. The molecule has 1 rings (SSSR count). The van der Waals surface area contributed by atoms with Crippen LogP contribution in [-0.2, 0) is 25.5 Å². The Morgan fingerprint density at radius 2 is 1.71 bits per heavy atom. The van der Waals surface area contributed by atoms with Crippen LogP contribution in [0.3, 0.4) is 0 Å². The Bertz CT molecular complexity index is 855. The number of nitrogens with one attached hydrogen (secondary N) is 1. The molecule has 8 nitrogen and oxygen atoms in total. The summed E-state index contributed by atoms with van der Waals surface area (Å²) in [5, 5.41) is 21.9. The van der Waals surface area contributed by atoms with Gasteiger partial charge in [-0.05, 0) is 43.7 Å². The van der Waals surface area contributed by atoms with Crippen molar-refractivity contribution in [1.82, 2.24) is 4.90 Å². The van der Waals surface area contributed by atoms with Gasteiger partial charge in [0.05, 0.1) is 6.10 Å². The van der Waals surface area contributed by atoms with Crippen LogP contribution < -0.4 is 5.32 Å². The zero-order valence-corrected chi connectivity index (χ0v) is 23.5. The molecule has 8 heteroatoms. The number of rotatable bonds is 21. The number of benzene rings is 1. The van der Waals surface area contributed by atoms with Crippen LogP contribution in [0.1, 0.15) is 89.5 Å². The third kappa shape index (κ3) is 15.5. The van der Waals surface area contributed by atoms with Crippen LogP contribution in [0.25, 0.3) is 0 Å². The quantitative estimate of drug-likeness (QED) is 0.145. The van der Waals surface area contributed by atoms with Crippen LogP contribution in [0, 0.1) is 0 Å². The van der Waals surface area contributed by atoms with E-state index in [-0.39, 0.29) is 31.1 Å². The highest BCUT2D eigenvalue weighted by Gasteiger charge is 2.22. The van der Waals surface area contributed by atoms with Gasteiger partial charge in [0, 0.05) is 39.2 Å². The molecule has 0 aliphatic rings. The summed E-state index contributed by atoms with van der Waals surface area (Å²) in [4.78, 5) is 37.5. The third-order valence-corrected chi connectivity index (χ3v) is 6.30. The molecule has 0 spiro atoms. The van der Waals surface area contributed by atoms with E-state index in [2.05, 4.69) is 12.2 Å². The predicted octanol–water partition coefficient (Wildman–Crippen LogP) is 5.34. The maximum atomic E-state index is 12.6. The summed E-state index contributed by atoms with van der Waals surface area (Å²) < 4.78 is 5.84. The second kappa shape index (κ2) is 20.3. The molecule has 0 fully saturated rings. The van der Waals surface area contributed by atoms with Gasteiger partial charge in [-0.3, -0.25) is 14.4 Å². The van der Waals surface area contributed by atoms with Gasteiger partial charge in [-0.15, -0.1) is 0 Å². The summed E-state index contributed by atoms with van der Waals surface area (Å²) >= 11 is 0. The van der Waals surface area contributed by atoms with Crippen LogP contribution in [0.5, 0.6) is 0 Å². The highest BCUT2D eigenvalue weighted by Crippen LogP contribution is 2.18. The molecule has 0 aliphatic carbocycles. The Kier molecular flexibility index (Phi) is 17.8. The number of carbonyl (C=O) groups excluding carboxylic acids is 2. The van der Waals surface area contributed by atoms with Crippen LogP contribution >= 0.6 is 0 Å². The number of hydrogen-bond acceptors (Lipinski definition) is 5. The van der Waals surface area contributed by atoms with Crippen molar-refractivity contribution in [3.8, 4) is 0 Å². The Morgan fingerprint density at radius 3 is 2.42 bits per heavy atom. The van der Waals surface area contributed by atoms with E-state index >= 15 is 0 Å². The van der Waals surface area contributed by atoms with Gasteiger partial charge < -0.3 is 25.2 Å². The summed E-state index contributed by atoms with van der Waals surface area (Å²) in [6, 6.07) is 7.12. The van der Waals surface area contributed by atoms with Gasteiger partial charge >= 0.3 is 5.97 Å². The number of likely N-dealkylation sites (N-methyl/N-ethyl adjacent to an activating group) is 1. The minimum atomic E-state index is -0.895. The lowest BCUT2D eigenvalue weighted by Crippen LogP contribution is -2.36. The van der Waals surface area contributed by atoms with Crippen molar-refractivity contribution in [1.29, 1.82) is 0 Å². The largest absolute Gasteiger partial charge is 0.481 e. The smallest absolute Gasteiger partial charge is 0.303 e. The minimum Gasteiger partial charge on any atom is -0.481 e. The molecule has 2 unspecified atom stereocenters. The van der Waals surface area contributed by atoms with Crippen molar-refractivity contribution in [2.45, 2.75) is 103 Å². The van der Waals surface area contributed by atoms with Crippen LogP contribution in [-0.4, -0.2) is 65.8 Å². The highest BCUT2D eigenvalue weighted by molar-refractivity contribution is 5.92. The van der Waals surface area contributed by atoms with Crippen LogP contribution in [0.2, 0.25) is 0 Å². The van der Waals surface area contributed by atoms with Crippen molar-refractivity contribution in [3.63, 3.8) is 0 Å². The number of carboxylic acid groups (broad SMARTS) is 1. The fraction of sp³-hybridized carbons (Fsp3) is 0.633. The van der Waals surface area contributed by atoms with Gasteiger partial charge in [0.25, 0.3) is 5.91 Å². The molecular weight excluding hydrogens is 484 g/mol. The summed E-state index contributed by atoms with van der Waals surface area (Å²) in [6.45, 7) is 2.58. The normalized spacial score (nSPS) is 12.8. The molecule has 0 heterocycles. The zero-order chi connectivity index (χ0) is 28.2. The Labute approximate surface area is 228 Å². The van der Waals surface area contributed by atoms with E-state index in [1.54, 1.807) is 38.4 Å².